The number of hydrogen-bond acceptors (Lipinski definition) is 3. The van der Waals surface area contributed by atoms with Crippen LogP contribution in [0.5, 0.6) is 5.75 Å². The zero-order chi connectivity index (χ0) is 20.6. The minimum atomic E-state index is -9.77. The van der Waals surface area contributed by atoms with Crippen LogP contribution in [0.1, 0.15) is 5.56 Å². The number of carbonyl (C=O) groups is 1. The lowest BCUT2D eigenvalue weighted by Crippen LogP contribution is -2.68. The predicted octanol–water partition coefficient (Wildman–Crippen LogP) is 5.29. The lowest BCUT2D eigenvalue weighted by Gasteiger charge is -2.52. The topological polar surface area (TPSA) is 38.8 Å². The van der Waals surface area contributed by atoms with Crippen LogP contribution < -0.4 is 9.64 Å². The van der Waals surface area contributed by atoms with Gasteiger partial charge in [-0.2, -0.15) is 0 Å². The molecule has 0 bridgehead atoms. The van der Waals surface area contributed by atoms with Crippen molar-refractivity contribution < 1.29 is 33.7 Å². The molecule has 2 aromatic rings. The molecule has 0 saturated carbocycles. The Morgan fingerprint density at radius 3 is 2.11 bits per heavy atom. The van der Waals surface area contributed by atoms with Crippen LogP contribution in [-0.2, 0) is 16.1 Å². The molecule has 2 unspecified atom stereocenters. The molecule has 0 aromatic heterocycles. The predicted molar refractivity (Wildman–Crippen MR) is 97.3 cm³/mol. The number of amides is 1. The van der Waals surface area contributed by atoms with Gasteiger partial charge in [-0.1, -0.05) is 49.8 Å². The van der Waals surface area contributed by atoms with Gasteiger partial charge < -0.3 is 14.4 Å². The quantitative estimate of drug-likeness (QED) is 0.449. The second kappa shape index (κ2) is 6.35. The van der Waals surface area contributed by atoms with Crippen LogP contribution in [-0.4, -0.2) is 30.9 Å². The average Bonchev–Trinajstić information content (AvgIpc) is 2.61. The second-order valence-electron chi connectivity index (χ2n) is 6.49. The first-order valence-corrected chi connectivity index (χ1v) is 10.3. The first kappa shape index (κ1) is 20.4. The van der Waals surface area contributed by atoms with E-state index in [1.54, 1.807) is 30.3 Å². The van der Waals surface area contributed by atoms with Crippen molar-refractivity contribution in [3.8, 4) is 5.75 Å². The normalized spacial score (nSPS) is 22.2. The highest BCUT2D eigenvalue weighted by atomic mass is 32.5. The highest BCUT2D eigenvalue weighted by molar-refractivity contribution is 8.45. The van der Waals surface area contributed by atoms with Crippen molar-refractivity contribution in [3.63, 3.8) is 0 Å². The van der Waals surface area contributed by atoms with Gasteiger partial charge in [-0.3, -0.25) is 4.79 Å². The number of anilines is 1. The number of β-lactam (4-membered cyclic amide) rings is 1. The molecule has 2 aromatic carbocycles. The molecule has 1 saturated heterocycles. The zero-order valence-electron chi connectivity index (χ0n) is 14.7. The molecule has 0 aliphatic carbocycles. The molecule has 10 heteroatoms. The Kier molecular flexibility index (Phi) is 4.62. The summed E-state index contributed by atoms with van der Waals surface area (Å²) >= 11 is 0. The van der Waals surface area contributed by atoms with Crippen LogP contribution in [0.25, 0.3) is 0 Å². The number of benzene rings is 2. The van der Waals surface area contributed by atoms with Crippen molar-refractivity contribution in [3.05, 3.63) is 60.2 Å². The fourth-order valence-corrected chi connectivity index (χ4v) is 3.98. The van der Waals surface area contributed by atoms with Crippen LogP contribution >= 0.6 is 10.2 Å². The van der Waals surface area contributed by atoms with Gasteiger partial charge >= 0.3 is 0 Å². The monoisotopic (exact) mass is 423 g/mol. The third kappa shape index (κ3) is 4.93. The minimum absolute atomic E-state index is 0.0669. The summed E-state index contributed by atoms with van der Waals surface area (Å²) in [5.74, 6) is -2.79. The van der Waals surface area contributed by atoms with Gasteiger partial charge in [0, 0.05) is 5.69 Å². The van der Waals surface area contributed by atoms with Gasteiger partial charge in [-0.05, 0) is 29.8 Å². The molecule has 3 rings (SSSR count). The maximum atomic E-state index is 13.1. The Bertz CT molecular complexity index is 859. The summed E-state index contributed by atoms with van der Waals surface area (Å²) in [5, 5.41) is 0. The van der Waals surface area contributed by atoms with E-state index in [4.69, 9.17) is 9.47 Å². The number of nitrogens with zero attached hydrogens (tertiary/aromatic N) is 1. The molecule has 0 spiro atoms. The largest absolute Gasteiger partial charge is 0.497 e. The van der Waals surface area contributed by atoms with Gasteiger partial charge in [0.2, 0.25) is 0 Å². The molecule has 4 nitrogen and oxygen atoms in total. The number of rotatable bonds is 7. The summed E-state index contributed by atoms with van der Waals surface area (Å²) in [6.45, 7) is -0.162. The Morgan fingerprint density at radius 2 is 1.57 bits per heavy atom. The van der Waals surface area contributed by atoms with Crippen LogP contribution in [0.15, 0.2) is 54.6 Å². The Hall–Kier alpha value is -2.33. The summed E-state index contributed by atoms with van der Waals surface area (Å²) in [6, 6.07) is 12.1. The first-order chi connectivity index (χ1) is 12.9. The van der Waals surface area contributed by atoms with Gasteiger partial charge in [-0.25, -0.2) is 0 Å². The summed E-state index contributed by atoms with van der Waals surface area (Å²) in [7, 11) is -8.38. The van der Waals surface area contributed by atoms with Crippen molar-refractivity contribution in [1.82, 2.24) is 0 Å². The van der Waals surface area contributed by atoms with Crippen molar-refractivity contribution in [2.75, 3.05) is 17.8 Å². The van der Waals surface area contributed by atoms with Crippen LogP contribution in [0.2, 0.25) is 0 Å². The molecule has 1 aliphatic heterocycles. The van der Waals surface area contributed by atoms with Gasteiger partial charge in [0.25, 0.3) is 16.1 Å². The van der Waals surface area contributed by atoms with E-state index in [9.17, 15) is 24.2 Å². The molecule has 1 aliphatic rings. The van der Waals surface area contributed by atoms with Crippen molar-refractivity contribution in [2.45, 2.75) is 18.8 Å². The summed E-state index contributed by atoms with van der Waals surface area (Å²) in [5.41, 5.74) is 0.682. The van der Waals surface area contributed by atoms with Crippen LogP contribution in [0.3, 0.4) is 0 Å². The molecule has 1 heterocycles. The lowest BCUT2D eigenvalue weighted by atomic mass is 9.98. The number of hydrogen-bond donors (Lipinski definition) is 0. The van der Waals surface area contributed by atoms with Gasteiger partial charge in [-0.15, -0.1) is 0 Å². The number of ether oxygens (including phenoxy) is 2. The molecule has 1 fully saturated rings. The van der Waals surface area contributed by atoms with Gasteiger partial charge in [0.15, 0.2) is 6.10 Å². The summed E-state index contributed by atoms with van der Waals surface area (Å²) in [4.78, 5) is 13.1. The van der Waals surface area contributed by atoms with E-state index < -0.39 is 34.0 Å². The average molecular weight is 423 g/mol. The molecule has 1 amide bonds. The fourth-order valence-electron chi connectivity index (χ4n) is 3.01. The minimum Gasteiger partial charge on any atom is -0.497 e. The van der Waals surface area contributed by atoms with E-state index in [-0.39, 0.29) is 12.3 Å². The lowest BCUT2D eigenvalue weighted by molar-refractivity contribution is -0.142. The molecule has 2 atom stereocenters. The SMILES string of the molecule is COc1ccc(N2C(=O)C(OCc3ccccc3)C2CS(F)(F)(F)(F)F)cc1. The first-order valence-electron chi connectivity index (χ1n) is 8.22. The van der Waals surface area contributed by atoms with E-state index in [1.807, 2.05) is 0 Å². The molecule has 0 N–H and O–H groups in total. The highest BCUT2D eigenvalue weighted by Crippen LogP contribution is 2.98. The Balaban J connectivity index is 1.84. The van der Waals surface area contributed by atoms with Gasteiger partial charge in [0.05, 0.1) is 19.8 Å². The van der Waals surface area contributed by atoms with E-state index >= 15 is 0 Å². The van der Waals surface area contributed by atoms with Gasteiger partial charge in [0.1, 0.15) is 11.5 Å². The Morgan fingerprint density at radius 1 is 0.964 bits per heavy atom. The van der Waals surface area contributed by atoms with E-state index in [2.05, 4.69) is 0 Å². The summed E-state index contributed by atoms with van der Waals surface area (Å²) < 4.78 is 76.0. The van der Waals surface area contributed by atoms with Crippen molar-refractivity contribution >= 4 is 21.8 Å². The number of halogens is 5. The van der Waals surface area contributed by atoms with Crippen molar-refractivity contribution in [1.29, 1.82) is 0 Å². The summed E-state index contributed by atoms with van der Waals surface area (Å²) in [6.07, 6.45) is -1.61. The smallest absolute Gasteiger partial charge is 0.287 e. The second-order valence-corrected chi connectivity index (χ2v) is 9.08. The Labute approximate surface area is 158 Å². The molecule has 154 valence electrons. The standard InChI is InChI=1S/C18H18F5NO3S/c1-26-15-9-7-14(8-10-15)24-16(12-28(19,20,21,22)23)17(18(24)25)27-11-13-5-3-2-4-6-13/h2-10,16-17H,11-12H2,1H3. The third-order valence-corrected chi connectivity index (χ3v) is 5.24. The third-order valence-electron chi connectivity index (χ3n) is 4.27. The molecule has 0 radical (unpaired) electrons. The fraction of sp³-hybridized carbons (Fsp3) is 0.278. The number of carbonyl (C=O) groups excluding carboxylic acids is 1. The molecule has 28 heavy (non-hydrogen) atoms. The van der Waals surface area contributed by atoms with Crippen LogP contribution in [0, 0.1) is 0 Å². The maximum absolute atomic E-state index is 13.1. The molecular formula is C18H18F5NO3S. The van der Waals surface area contributed by atoms with Crippen molar-refractivity contribution in [2.24, 2.45) is 0 Å². The highest BCUT2D eigenvalue weighted by Gasteiger charge is 2.68. The molecular weight excluding hydrogens is 405 g/mol. The number of methoxy groups -OCH3 is 1. The van der Waals surface area contributed by atoms with Crippen LogP contribution in [0.4, 0.5) is 25.1 Å². The maximum Gasteiger partial charge on any atom is 0.287 e. The zero-order valence-corrected chi connectivity index (χ0v) is 15.6. The van der Waals surface area contributed by atoms with E-state index in [1.165, 1.54) is 31.4 Å². The van der Waals surface area contributed by atoms with E-state index in [0.29, 0.717) is 16.2 Å². The van der Waals surface area contributed by atoms with E-state index in [0.717, 1.165) is 0 Å².